The Bertz CT molecular complexity index is 1160. The molecule has 2 atom stereocenters. The first-order valence-electron chi connectivity index (χ1n) is 12.0. The number of hydrogen-bond donors (Lipinski definition) is 1. The predicted octanol–water partition coefficient (Wildman–Crippen LogP) is 3.87. The highest BCUT2D eigenvalue weighted by atomic mass is 15.2. The van der Waals surface area contributed by atoms with Crippen LogP contribution in [0.1, 0.15) is 18.9 Å². The van der Waals surface area contributed by atoms with E-state index in [2.05, 4.69) is 81.4 Å². The highest BCUT2D eigenvalue weighted by Gasteiger charge is 2.29. The molecule has 0 spiro atoms. The minimum absolute atomic E-state index is 0.411. The smallest absolute Gasteiger partial charge is 0.101 e. The lowest BCUT2D eigenvalue weighted by Gasteiger charge is -2.43. The molecule has 2 aromatic carbocycles. The van der Waals surface area contributed by atoms with Crippen molar-refractivity contribution in [1.29, 1.82) is 5.26 Å². The van der Waals surface area contributed by atoms with Crippen LogP contribution in [0.4, 0.5) is 17.1 Å². The highest BCUT2D eigenvalue weighted by molar-refractivity contribution is 5.95. The number of benzene rings is 2. The van der Waals surface area contributed by atoms with Crippen LogP contribution in [0.15, 0.2) is 54.7 Å². The third kappa shape index (κ3) is 4.34. The van der Waals surface area contributed by atoms with E-state index in [0.29, 0.717) is 17.5 Å². The number of piperazine rings is 1. The molecule has 2 saturated heterocycles. The van der Waals surface area contributed by atoms with Gasteiger partial charge in [0.2, 0.25) is 0 Å². The number of nitriles is 1. The van der Waals surface area contributed by atoms with E-state index >= 15 is 0 Å². The van der Waals surface area contributed by atoms with Gasteiger partial charge in [0.05, 0.1) is 11.1 Å². The minimum atomic E-state index is 0.411. The highest BCUT2D eigenvalue weighted by Crippen LogP contribution is 2.33. The van der Waals surface area contributed by atoms with Gasteiger partial charge in [-0.15, -0.1) is 0 Å². The quantitative estimate of drug-likeness (QED) is 0.665. The summed E-state index contributed by atoms with van der Waals surface area (Å²) in [7, 11) is 2.23. The van der Waals surface area contributed by atoms with Gasteiger partial charge in [-0.3, -0.25) is 4.98 Å². The number of hydrogen-bond acceptors (Lipinski definition) is 6. The van der Waals surface area contributed by atoms with Gasteiger partial charge >= 0.3 is 0 Å². The van der Waals surface area contributed by atoms with Gasteiger partial charge in [-0.25, -0.2) is 0 Å². The summed E-state index contributed by atoms with van der Waals surface area (Å²) in [6.45, 7) is 8.51. The topological polar surface area (TPSA) is 58.4 Å². The molecule has 0 unspecified atom stereocenters. The number of rotatable bonds is 4. The fraction of sp³-hybridized carbons (Fsp3) is 0.407. The molecule has 1 aromatic heterocycles. The van der Waals surface area contributed by atoms with Crippen molar-refractivity contribution in [1.82, 2.24) is 10.3 Å². The second-order valence-corrected chi connectivity index (χ2v) is 9.41. The van der Waals surface area contributed by atoms with Crippen molar-refractivity contribution in [2.24, 2.45) is 5.92 Å². The number of likely N-dealkylation sites (N-methyl/N-ethyl adjacent to an activating group) is 1. The Morgan fingerprint density at radius 2 is 1.91 bits per heavy atom. The zero-order chi connectivity index (χ0) is 22.8. The molecule has 0 amide bonds. The van der Waals surface area contributed by atoms with Crippen molar-refractivity contribution in [2.45, 2.75) is 19.4 Å². The molecule has 0 saturated carbocycles. The fourth-order valence-electron chi connectivity index (χ4n) is 5.36. The first-order chi connectivity index (χ1) is 16.1. The Balaban J connectivity index is 1.41. The van der Waals surface area contributed by atoms with Crippen LogP contribution in [0.5, 0.6) is 0 Å². The van der Waals surface area contributed by atoms with Crippen molar-refractivity contribution in [3.63, 3.8) is 0 Å². The summed E-state index contributed by atoms with van der Waals surface area (Å²) in [6, 6.07) is 19.8. The Labute approximate surface area is 196 Å². The minimum Gasteiger partial charge on any atom is -0.370 e. The van der Waals surface area contributed by atoms with Crippen LogP contribution >= 0.6 is 0 Å². The zero-order valence-electron chi connectivity index (χ0n) is 19.5. The predicted molar refractivity (Wildman–Crippen MR) is 136 cm³/mol. The summed E-state index contributed by atoms with van der Waals surface area (Å²) in [6.07, 6.45) is 2.94. The normalized spacial score (nSPS) is 21.1. The Morgan fingerprint density at radius 3 is 2.73 bits per heavy atom. The van der Waals surface area contributed by atoms with Gasteiger partial charge in [0.15, 0.2) is 0 Å². The maximum Gasteiger partial charge on any atom is 0.101 e. The number of nitrogens with one attached hydrogen (secondary N) is 1. The summed E-state index contributed by atoms with van der Waals surface area (Å²) in [4.78, 5) is 11.9. The first-order valence-corrected chi connectivity index (χ1v) is 12.0. The SMILES string of the molecule is C[C@H]1C[C@@H](N(C)c2cccc(N3CCNCC3)c2)CN(c2ccc(C#N)c3ncccc23)C1. The standard InChI is InChI=1S/C27H32N6/c1-20-15-24(31(2)22-5-3-6-23(16-22)32-13-11-29-12-14-32)19-33(18-20)26-9-8-21(17-28)27-25(26)7-4-10-30-27/h3-10,16,20,24,29H,11-15,18-19H2,1-2H3/t20-,24+/m0/s1. The fourth-order valence-corrected chi connectivity index (χ4v) is 5.36. The van der Waals surface area contributed by atoms with Gasteiger partial charge in [0.1, 0.15) is 6.07 Å². The van der Waals surface area contributed by atoms with Gasteiger partial charge in [0, 0.05) is 81.0 Å². The number of anilines is 3. The van der Waals surface area contributed by atoms with Crippen molar-refractivity contribution >= 4 is 28.0 Å². The van der Waals surface area contributed by atoms with E-state index in [1.807, 2.05) is 12.1 Å². The van der Waals surface area contributed by atoms with Crippen LogP contribution in [-0.4, -0.2) is 57.3 Å². The molecule has 6 nitrogen and oxygen atoms in total. The lowest BCUT2D eigenvalue weighted by Crippen LogP contribution is -2.49. The number of fused-ring (bicyclic) bond motifs is 1. The molecule has 2 fully saturated rings. The van der Waals surface area contributed by atoms with Crippen LogP contribution in [0.2, 0.25) is 0 Å². The summed E-state index contributed by atoms with van der Waals surface area (Å²) < 4.78 is 0. The third-order valence-electron chi connectivity index (χ3n) is 7.11. The van der Waals surface area contributed by atoms with Crippen molar-refractivity contribution < 1.29 is 0 Å². The molecular weight excluding hydrogens is 408 g/mol. The number of pyridine rings is 1. The van der Waals surface area contributed by atoms with Gasteiger partial charge in [-0.05, 0) is 54.8 Å². The van der Waals surface area contributed by atoms with Crippen LogP contribution in [0.3, 0.4) is 0 Å². The molecule has 3 heterocycles. The molecule has 170 valence electrons. The molecule has 3 aromatic rings. The average Bonchev–Trinajstić information content (AvgIpc) is 2.87. The van der Waals surface area contributed by atoms with Crippen LogP contribution in [0, 0.1) is 17.2 Å². The average molecular weight is 441 g/mol. The molecule has 0 bridgehead atoms. The van der Waals surface area contributed by atoms with Crippen molar-refractivity contribution in [3.05, 3.63) is 60.3 Å². The van der Waals surface area contributed by atoms with Crippen LogP contribution < -0.4 is 20.0 Å². The first kappa shape index (κ1) is 21.5. The van der Waals surface area contributed by atoms with E-state index in [4.69, 9.17) is 0 Å². The second-order valence-electron chi connectivity index (χ2n) is 9.41. The number of aromatic nitrogens is 1. The molecule has 2 aliphatic heterocycles. The number of piperidine rings is 1. The summed E-state index contributed by atoms with van der Waals surface area (Å²) >= 11 is 0. The van der Waals surface area contributed by atoms with E-state index in [0.717, 1.165) is 56.6 Å². The van der Waals surface area contributed by atoms with Gasteiger partial charge in [0.25, 0.3) is 0 Å². The van der Waals surface area contributed by atoms with Gasteiger partial charge in [-0.1, -0.05) is 13.0 Å². The second kappa shape index (κ2) is 9.29. The zero-order valence-corrected chi connectivity index (χ0v) is 19.5. The molecule has 6 heteroatoms. The van der Waals surface area contributed by atoms with Crippen LogP contribution in [-0.2, 0) is 0 Å². The molecule has 2 aliphatic rings. The lowest BCUT2D eigenvalue weighted by atomic mass is 9.93. The summed E-state index contributed by atoms with van der Waals surface area (Å²) in [5, 5.41) is 14.0. The molecule has 0 radical (unpaired) electrons. The Kier molecular flexibility index (Phi) is 6.06. The summed E-state index contributed by atoms with van der Waals surface area (Å²) in [5.41, 5.74) is 5.20. The molecule has 5 rings (SSSR count). The number of nitrogens with zero attached hydrogens (tertiary/aromatic N) is 5. The summed E-state index contributed by atoms with van der Waals surface area (Å²) in [5.74, 6) is 0.574. The Hall–Kier alpha value is -3.30. The maximum absolute atomic E-state index is 9.52. The Morgan fingerprint density at radius 1 is 1.06 bits per heavy atom. The molecular formula is C27H32N6. The van der Waals surface area contributed by atoms with E-state index in [1.165, 1.54) is 17.1 Å². The molecule has 1 N–H and O–H groups in total. The van der Waals surface area contributed by atoms with E-state index in [9.17, 15) is 5.26 Å². The molecule has 33 heavy (non-hydrogen) atoms. The lowest BCUT2D eigenvalue weighted by molar-refractivity contribution is 0.392. The van der Waals surface area contributed by atoms with Crippen molar-refractivity contribution in [3.8, 4) is 6.07 Å². The van der Waals surface area contributed by atoms with Crippen molar-refractivity contribution in [2.75, 3.05) is 61.0 Å². The van der Waals surface area contributed by atoms with Crippen LogP contribution in [0.25, 0.3) is 10.9 Å². The van der Waals surface area contributed by atoms with E-state index < -0.39 is 0 Å². The van der Waals surface area contributed by atoms with E-state index in [-0.39, 0.29) is 0 Å². The van der Waals surface area contributed by atoms with Gasteiger partial charge in [-0.2, -0.15) is 5.26 Å². The largest absolute Gasteiger partial charge is 0.370 e. The van der Waals surface area contributed by atoms with Gasteiger partial charge < -0.3 is 20.0 Å². The third-order valence-corrected chi connectivity index (χ3v) is 7.11. The monoisotopic (exact) mass is 440 g/mol. The molecule has 0 aliphatic carbocycles. The maximum atomic E-state index is 9.52. The van der Waals surface area contributed by atoms with E-state index in [1.54, 1.807) is 6.20 Å².